The topological polar surface area (TPSA) is 52.4 Å². The molecule has 0 spiro atoms. The fourth-order valence-electron chi connectivity index (χ4n) is 1.67. The van der Waals surface area contributed by atoms with E-state index in [0.29, 0.717) is 13.0 Å². The molecule has 0 radical (unpaired) electrons. The van der Waals surface area contributed by atoms with Gasteiger partial charge in [0.1, 0.15) is 0 Å². The van der Waals surface area contributed by atoms with Gasteiger partial charge in [-0.05, 0) is 17.0 Å². The van der Waals surface area contributed by atoms with E-state index in [9.17, 15) is 10.1 Å². The first-order valence-corrected chi connectivity index (χ1v) is 5.95. The predicted molar refractivity (Wildman–Crippen MR) is 71.6 cm³/mol. The van der Waals surface area contributed by atoms with Gasteiger partial charge < -0.3 is 4.74 Å². The highest BCUT2D eigenvalue weighted by molar-refractivity contribution is 5.51. The molecule has 0 saturated heterocycles. The molecule has 0 saturated carbocycles. The van der Waals surface area contributed by atoms with Crippen molar-refractivity contribution in [2.45, 2.75) is 26.9 Å². The van der Waals surface area contributed by atoms with Crippen LogP contribution in [-0.4, -0.2) is 12.0 Å². The average molecular weight is 249 g/mol. The molecule has 0 unspecified atom stereocenters. The Bertz CT molecular complexity index is 421. The van der Waals surface area contributed by atoms with Crippen LogP contribution in [0.25, 0.3) is 6.08 Å². The Morgan fingerprint density at radius 3 is 2.44 bits per heavy atom. The zero-order valence-corrected chi connectivity index (χ0v) is 11.1. The number of ether oxygens (including phenoxy) is 1. The standard InChI is InChI=1S/C14H19NO3/c1-11(2)8-14(15(16)17)9-12-4-6-13(7-5-12)10-18-3/h4-7,9,11H,8,10H2,1-3H3. The summed E-state index contributed by atoms with van der Waals surface area (Å²) in [6.07, 6.45) is 2.11. The number of rotatable bonds is 6. The summed E-state index contributed by atoms with van der Waals surface area (Å²) in [5, 5.41) is 10.9. The van der Waals surface area contributed by atoms with Crippen LogP contribution in [0, 0.1) is 16.0 Å². The van der Waals surface area contributed by atoms with Crippen molar-refractivity contribution < 1.29 is 9.66 Å². The van der Waals surface area contributed by atoms with Crippen LogP contribution in [-0.2, 0) is 11.3 Å². The molecular weight excluding hydrogens is 230 g/mol. The molecule has 0 N–H and O–H groups in total. The third-order valence-electron chi connectivity index (χ3n) is 2.48. The average Bonchev–Trinajstić information content (AvgIpc) is 2.30. The first kappa shape index (κ1) is 14.4. The lowest BCUT2D eigenvalue weighted by atomic mass is 10.1. The largest absolute Gasteiger partial charge is 0.380 e. The van der Waals surface area contributed by atoms with E-state index in [1.165, 1.54) is 0 Å². The number of methoxy groups -OCH3 is 1. The second kappa shape index (κ2) is 6.91. The van der Waals surface area contributed by atoms with Crippen molar-refractivity contribution in [2.24, 2.45) is 5.92 Å². The Kier molecular flexibility index (Phi) is 5.52. The maximum Gasteiger partial charge on any atom is 0.247 e. The van der Waals surface area contributed by atoms with Crippen LogP contribution >= 0.6 is 0 Å². The maximum absolute atomic E-state index is 10.9. The predicted octanol–water partition coefficient (Wildman–Crippen LogP) is 3.50. The molecule has 1 rings (SSSR count). The van der Waals surface area contributed by atoms with E-state index in [1.807, 2.05) is 38.1 Å². The Morgan fingerprint density at radius 2 is 2.00 bits per heavy atom. The Balaban J connectivity index is 2.87. The minimum Gasteiger partial charge on any atom is -0.380 e. The van der Waals surface area contributed by atoms with Gasteiger partial charge in [-0.3, -0.25) is 10.1 Å². The van der Waals surface area contributed by atoms with Gasteiger partial charge in [0.05, 0.1) is 11.5 Å². The summed E-state index contributed by atoms with van der Waals surface area (Å²) in [7, 11) is 1.64. The minimum atomic E-state index is -0.303. The molecule has 0 aromatic heterocycles. The number of hydrogen-bond acceptors (Lipinski definition) is 3. The van der Waals surface area contributed by atoms with E-state index in [1.54, 1.807) is 13.2 Å². The molecule has 0 aliphatic heterocycles. The molecule has 0 aliphatic rings. The smallest absolute Gasteiger partial charge is 0.247 e. The quantitative estimate of drug-likeness (QED) is 0.572. The van der Waals surface area contributed by atoms with Gasteiger partial charge in [-0.15, -0.1) is 0 Å². The van der Waals surface area contributed by atoms with Gasteiger partial charge in [-0.2, -0.15) is 0 Å². The lowest BCUT2D eigenvalue weighted by molar-refractivity contribution is -0.427. The SMILES string of the molecule is COCc1ccc(C=C(CC(C)C)[N+](=O)[O-])cc1. The van der Waals surface area contributed by atoms with Crippen molar-refractivity contribution in [3.8, 4) is 0 Å². The normalized spacial score (nSPS) is 11.9. The number of nitrogens with zero attached hydrogens (tertiary/aromatic N) is 1. The second-order valence-corrected chi connectivity index (χ2v) is 4.67. The van der Waals surface area contributed by atoms with E-state index in [2.05, 4.69) is 0 Å². The Hall–Kier alpha value is -1.68. The zero-order chi connectivity index (χ0) is 13.5. The molecule has 0 aliphatic carbocycles. The lowest BCUT2D eigenvalue weighted by Crippen LogP contribution is -2.02. The first-order valence-electron chi connectivity index (χ1n) is 5.95. The highest BCUT2D eigenvalue weighted by atomic mass is 16.6. The number of allylic oxidation sites excluding steroid dienone is 1. The highest BCUT2D eigenvalue weighted by Gasteiger charge is 2.12. The molecule has 4 nitrogen and oxygen atoms in total. The van der Waals surface area contributed by atoms with Crippen LogP contribution in [0.1, 0.15) is 31.4 Å². The van der Waals surface area contributed by atoms with Gasteiger partial charge in [-0.1, -0.05) is 38.1 Å². The van der Waals surface area contributed by atoms with Gasteiger partial charge in [-0.25, -0.2) is 0 Å². The first-order chi connectivity index (χ1) is 8.52. The molecule has 0 bridgehead atoms. The summed E-state index contributed by atoms with van der Waals surface area (Å²) in [5.74, 6) is 0.273. The van der Waals surface area contributed by atoms with Gasteiger partial charge >= 0.3 is 0 Å². The molecule has 1 aromatic rings. The molecule has 1 aromatic carbocycles. The van der Waals surface area contributed by atoms with E-state index in [4.69, 9.17) is 4.74 Å². The van der Waals surface area contributed by atoms with E-state index < -0.39 is 0 Å². The van der Waals surface area contributed by atoms with Gasteiger partial charge in [0.25, 0.3) is 0 Å². The summed E-state index contributed by atoms with van der Waals surface area (Å²) in [6.45, 7) is 4.50. The van der Waals surface area contributed by atoms with Gasteiger partial charge in [0, 0.05) is 19.6 Å². The van der Waals surface area contributed by atoms with Crippen LogP contribution in [0.3, 0.4) is 0 Å². The molecule has 4 heteroatoms. The Labute approximate surface area is 107 Å². The van der Waals surface area contributed by atoms with Crippen molar-refractivity contribution in [1.82, 2.24) is 0 Å². The van der Waals surface area contributed by atoms with E-state index in [0.717, 1.165) is 11.1 Å². The maximum atomic E-state index is 10.9. The van der Waals surface area contributed by atoms with Crippen molar-refractivity contribution in [3.63, 3.8) is 0 Å². The Morgan fingerprint density at radius 1 is 1.39 bits per heavy atom. The lowest BCUT2D eigenvalue weighted by Gasteiger charge is -2.03. The summed E-state index contributed by atoms with van der Waals surface area (Å²) in [5.41, 5.74) is 2.16. The van der Waals surface area contributed by atoms with Gasteiger partial charge in [0.15, 0.2) is 0 Å². The van der Waals surface area contributed by atoms with Gasteiger partial charge in [0.2, 0.25) is 5.70 Å². The second-order valence-electron chi connectivity index (χ2n) is 4.67. The van der Waals surface area contributed by atoms with Crippen molar-refractivity contribution in [1.29, 1.82) is 0 Å². The molecule has 98 valence electrons. The van der Waals surface area contributed by atoms with Crippen molar-refractivity contribution in [2.75, 3.05) is 7.11 Å². The summed E-state index contributed by atoms with van der Waals surface area (Å²) >= 11 is 0. The molecule has 18 heavy (non-hydrogen) atoms. The molecular formula is C14H19NO3. The number of benzene rings is 1. The third kappa shape index (κ3) is 4.67. The molecule has 0 atom stereocenters. The summed E-state index contributed by atoms with van der Waals surface area (Å²) < 4.78 is 5.02. The fraction of sp³-hybridized carbons (Fsp3) is 0.429. The van der Waals surface area contributed by atoms with Crippen LogP contribution in [0.2, 0.25) is 0 Å². The van der Waals surface area contributed by atoms with Crippen molar-refractivity contribution >= 4 is 6.08 Å². The number of hydrogen-bond donors (Lipinski definition) is 0. The minimum absolute atomic E-state index is 0.254. The van der Waals surface area contributed by atoms with Crippen LogP contribution in [0.15, 0.2) is 30.0 Å². The van der Waals surface area contributed by atoms with Crippen molar-refractivity contribution in [3.05, 3.63) is 51.2 Å². The summed E-state index contributed by atoms with van der Waals surface area (Å²) in [6, 6.07) is 7.58. The van der Waals surface area contributed by atoms with Crippen LogP contribution < -0.4 is 0 Å². The monoisotopic (exact) mass is 249 g/mol. The number of nitro groups is 1. The van der Waals surface area contributed by atoms with E-state index in [-0.39, 0.29) is 16.5 Å². The van der Waals surface area contributed by atoms with E-state index >= 15 is 0 Å². The molecule has 0 fully saturated rings. The molecule has 0 heterocycles. The highest BCUT2D eigenvalue weighted by Crippen LogP contribution is 2.16. The zero-order valence-electron chi connectivity index (χ0n) is 11.1. The van der Waals surface area contributed by atoms with Crippen LogP contribution in [0.5, 0.6) is 0 Å². The van der Waals surface area contributed by atoms with Crippen LogP contribution in [0.4, 0.5) is 0 Å². The summed E-state index contributed by atoms with van der Waals surface area (Å²) in [4.78, 5) is 10.6. The third-order valence-corrected chi connectivity index (χ3v) is 2.48. The fourth-order valence-corrected chi connectivity index (χ4v) is 1.67. The molecule has 0 amide bonds.